The Morgan fingerprint density at radius 1 is 1.27 bits per heavy atom. The van der Waals surface area contributed by atoms with E-state index < -0.39 is 5.60 Å². The standard InChI is InChI=1S/C10H20O/c1-4-5-6-7-8-9-10(2,3)11/h8-9,11H,4-7H2,1-3H3. The normalized spacial score (nSPS) is 12.7. The van der Waals surface area contributed by atoms with E-state index in [-0.39, 0.29) is 0 Å². The smallest absolute Gasteiger partial charge is 0.0771 e. The molecular weight excluding hydrogens is 136 g/mol. The lowest BCUT2D eigenvalue weighted by Crippen LogP contribution is -2.13. The van der Waals surface area contributed by atoms with Gasteiger partial charge >= 0.3 is 0 Å². The minimum absolute atomic E-state index is 0.633. The highest BCUT2D eigenvalue weighted by atomic mass is 16.3. The Hall–Kier alpha value is -0.300. The zero-order valence-corrected chi connectivity index (χ0v) is 7.93. The highest BCUT2D eigenvalue weighted by Crippen LogP contribution is 2.05. The van der Waals surface area contributed by atoms with Crippen LogP contribution in [0.15, 0.2) is 12.2 Å². The number of hydrogen-bond acceptors (Lipinski definition) is 1. The Labute approximate surface area is 70.1 Å². The fourth-order valence-corrected chi connectivity index (χ4v) is 0.884. The van der Waals surface area contributed by atoms with Crippen LogP contribution in [0.2, 0.25) is 0 Å². The topological polar surface area (TPSA) is 20.2 Å². The number of rotatable bonds is 5. The van der Waals surface area contributed by atoms with E-state index in [2.05, 4.69) is 13.0 Å². The first-order valence-electron chi connectivity index (χ1n) is 4.46. The third-order valence-corrected chi connectivity index (χ3v) is 1.50. The third-order valence-electron chi connectivity index (χ3n) is 1.50. The van der Waals surface area contributed by atoms with Crippen LogP contribution in [0.5, 0.6) is 0 Å². The fraction of sp³-hybridized carbons (Fsp3) is 0.800. The van der Waals surface area contributed by atoms with Crippen molar-refractivity contribution in [1.82, 2.24) is 0 Å². The maximum absolute atomic E-state index is 9.29. The SMILES string of the molecule is CCCCCC=CC(C)(C)O. The van der Waals surface area contributed by atoms with Gasteiger partial charge in [0.25, 0.3) is 0 Å². The summed E-state index contributed by atoms with van der Waals surface area (Å²) in [4.78, 5) is 0. The molecule has 0 bridgehead atoms. The molecule has 0 atom stereocenters. The monoisotopic (exact) mass is 156 g/mol. The fourth-order valence-electron chi connectivity index (χ4n) is 0.884. The van der Waals surface area contributed by atoms with Crippen LogP contribution >= 0.6 is 0 Å². The molecule has 0 aromatic carbocycles. The van der Waals surface area contributed by atoms with Gasteiger partial charge in [-0.15, -0.1) is 0 Å². The first-order chi connectivity index (χ1) is 5.06. The van der Waals surface area contributed by atoms with Crippen LogP contribution in [0.1, 0.15) is 46.5 Å². The molecule has 1 nitrogen and oxygen atoms in total. The molecule has 0 heterocycles. The van der Waals surface area contributed by atoms with Gasteiger partial charge in [-0.25, -0.2) is 0 Å². The summed E-state index contributed by atoms with van der Waals surface area (Å²) in [5.74, 6) is 0. The minimum Gasteiger partial charge on any atom is -0.386 e. The molecule has 11 heavy (non-hydrogen) atoms. The van der Waals surface area contributed by atoms with E-state index in [0.717, 1.165) is 6.42 Å². The molecule has 0 rings (SSSR count). The van der Waals surface area contributed by atoms with Crippen molar-refractivity contribution in [2.45, 2.75) is 52.1 Å². The van der Waals surface area contributed by atoms with Gasteiger partial charge in [-0.1, -0.05) is 31.9 Å². The zero-order chi connectivity index (χ0) is 8.74. The quantitative estimate of drug-likeness (QED) is 0.479. The van der Waals surface area contributed by atoms with Gasteiger partial charge in [0.2, 0.25) is 0 Å². The summed E-state index contributed by atoms with van der Waals surface area (Å²) in [6.45, 7) is 5.78. The molecule has 0 aliphatic carbocycles. The van der Waals surface area contributed by atoms with Gasteiger partial charge in [0.1, 0.15) is 0 Å². The molecular formula is C10H20O. The summed E-state index contributed by atoms with van der Waals surface area (Å²) in [7, 11) is 0. The van der Waals surface area contributed by atoms with Crippen LogP contribution in [0.4, 0.5) is 0 Å². The van der Waals surface area contributed by atoms with Gasteiger partial charge in [-0.3, -0.25) is 0 Å². The van der Waals surface area contributed by atoms with E-state index in [9.17, 15) is 5.11 Å². The van der Waals surface area contributed by atoms with E-state index in [1.165, 1.54) is 19.3 Å². The van der Waals surface area contributed by atoms with Crippen molar-refractivity contribution in [3.05, 3.63) is 12.2 Å². The van der Waals surface area contributed by atoms with Crippen LogP contribution in [-0.2, 0) is 0 Å². The minimum atomic E-state index is -0.633. The predicted molar refractivity (Wildman–Crippen MR) is 49.6 cm³/mol. The van der Waals surface area contributed by atoms with Crippen LogP contribution in [0, 0.1) is 0 Å². The van der Waals surface area contributed by atoms with Crippen molar-refractivity contribution >= 4 is 0 Å². The molecule has 0 amide bonds. The van der Waals surface area contributed by atoms with Crippen LogP contribution < -0.4 is 0 Å². The molecule has 0 saturated carbocycles. The summed E-state index contributed by atoms with van der Waals surface area (Å²) >= 11 is 0. The van der Waals surface area contributed by atoms with Gasteiger partial charge in [0, 0.05) is 0 Å². The Morgan fingerprint density at radius 3 is 2.36 bits per heavy atom. The molecule has 66 valence electrons. The van der Waals surface area contributed by atoms with E-state index in [4.69, 9.17) is 0 Å². The highest BCUT2D eigenvalue weighted by Gasteiger charge is 2.04. The van der Waals surface area contributed by atoms with Crippen molar-refractivity contribution < 1.29 is 5.11 Å². The van der Waals surface area contributed by atoms with Gasteiger partial charge in [0.05, 0.1) is 5.60 Å². The van der Waals surface area contributed by atoms with Gasteiger partial charge in [-0.2, -0.15) is 0 Å². The second-order valence-electron chi connectivity index (χ2n) is 3.55. The van der Waals surface area contributed by atoms with Crippen LogP contribution in [-0.4, -0.2) is 10.7 Å². The van der Waals surface area contributed by atoms with E-state index in [1.807, 2.05) is 6.08 Å². The maximum atomic E-state index is 9.29. The van der Waals surface area contributed by atoms with Gasteiger partial charge in [-0.05, 0) is 26.7 Å². The summed E-state index contributed by atoms with van der Waals surface area (Å²) in [6.07, 6.45) is 8.81. The van der Waals surface area contributed by atoms with E-state index >= 15 is 0 Å². The third kappa shape index (κ3) is 9.70. The molecule has 0 fully saturated rings. The largest absolute Gasteiger partial charge is 0.386 e. The van der Waals surface area contributed by atoms with Crippen molar-refractivity contribution in [2.75, 3.05) is 0 Å². The molecule has 0 spiro atoms. The number of unbranched alkanes of at least 4 members (excludes halogenated alkanes) is 3. The first kappa shape index (κ1) is 10.7. The lowest BCUT2D eigenvalue weighted by atomic mass is 10.1. The van der Waals surface area contributed by atoms with Crippen molar-refractivity contribution in [2.24, 2.45) is 0 Å². The lowest BCUT2D eigenvalue weighted by molar-refractivity contribution is 0.133. The molecule has 0 aromatic heterocycles. The number of allylic oxidation sites excluding steroid dienone is 1. The molecule has 0 aliphatic heterocycles. The second-order valence-corrected chi connectivity index (χ2v) is 3.55. The van der Waals surface area contributed by atoms with Crippen LogP contribution in [0.25, 0.3) is 0 Å². The second kappa shape index (κ2) is 5.36. The predicted octanol–water partition coefficient (Wildman–Crippen LogP) is 2.89. The zero-order valence-electron chi connectivity index (χ0n) is 7.93. The first-order valence-corrected chi connectivity index (χ1v) is 4.46. The average molecular weight is 156 g/mol. The van der Waals surface area contributed by atoms with Crippen LogP contribution in [0.3, 0.4) is 0 Å². The summed E-state index contributed by atoms with van der Waals surface area (Å²) in [6, 6.07) is 0. The molecule has 0 aromatic rings. The van der Waals surface area contributed by atoms with Crippen molar-refractivity contribution in [3.8, 4) is 0 Å². The van der Waals surface area contributed by atoms with E-state index in [0.29, 0.717) is 0 Å². The van der Waals surface area contributed by atoms with Gasteiger partial charge < -0.3 is 5.11 Å². The molecule has 0 radical (unpaired) electrons. The summed E-state index contributed by atoms with van der Waals surface area (Å²) < 4.78 is 0. The lowest BCUT2D eigenvalue weighted by Gasteiger charge is -2.09. The number of aliphatic hydroxyl groups is 1. The summed E-state index contributed by atoms with van der Waals surface area (Å²) in [5.41, 5.74) is -0.633. The molecule has 0 saturated heterocycles. The van der Waals surface area contributed by atoms with Crippen molar-refractivity contribution in [3.63, 3.8) is 0 Å². The Balaban J connectivity index is 3.30. The average Bonchev–Trinajstić information content (AvgIpc) is 1.85. The number of hydrogen-bond donors (Lipinski definition) is 1. The molecule has 1 N–H and O–H groups in total. The Bertz CT molecular complexity index is 109. The maximum Gasteiger partial charge on any atom is 0.0771 e. The van der Waals surface area contributed by atoms with Crippen molar-refractivity contribution in [1.29, 1.82) is 0 Å². The van der Waals surface area contributed by atoms with E-state index in [1.54, 1.807) is 13.8 Å². The highest BCUT2D eigenvalue weighted by molar-refractivity contribution is 4.94. The van der Waals surface area contributed by atoms with Gasteiger partial charge in [0.15, 0.2) is 0 Å². The molecule has 1 heteroatoms. The Morgan fingerprint density at radius 2 is 1.91 bits per heavy atom. The molecule has 0 aliphatic rings. The Kier molecular flexibility index (Phi) is 5.22. The molecule has 0 unspecified atom stereocenters. The summed E-state index contributed by atoms with van der Waals surface area (Å²) in [5, 5.41) is 9.29.